The van der Waals surface area contributed by atoms with Gasteiger partial charge in [0.1, 0.15) is 6.04 Å². The van der Waals surface area contributed by atoms with Crippen LogP contribution in [0.4, 0.5) is 0 Å². The zero-order valence-corrected chi connectivity index (χ0v) is 21.6. The molecule has 0 aromatic heterocycles. The van der Waals surface area contributed by atoms with Gasteiger partial charge in [-0.2, -0.15) is 4.31 Å². The second kappa shape index (κ2) is 11.0. The lowest BCUT2D eigenvalue weighted by atomic mass is 9.80. The Balaban J connectivity index is 1.44. The Morgan fingerprint density at radius 1 is 1.06 bits per heavy atom. The number of thiol groups is 1. The Hall–Kier alpha value is -2.28. The number of rotatable bonds is 8. The summed E-state index contributed by atoms with van der Waals surface area (Å²) in [5.74, 6) is -2.16. The number of nitrogens with one attached hydrogen (secondary N) is 1. The number of piperazine rings is 1. The molecule has 12 heteroatoms. The monoisotopic (exact) mass is 536 g/mol. The summed E-state index contributed by atoms with van der Waals surface area (Å²) in [6.45, 7) is -0.226. The molecule has 2 saturated heterocycles. The fourth-order valence-corrected chi connectivity index (χ4v) is 7.22. The van der Waals surface area contributed by atoms with Crippen molar-refractivity contribution >= 4 is 45.4 Å². The second-order valence-electron chi connectivity index (χ2n) is 9.91. The first kappa shape index (κ1) is 26.8. The number of carbonyl (C=O) groups is 4. The number of hydrogen-bond acceptors (Lipinski definition) is 7. The topological polar surface area (TPSA) is 147 Å². The van der Waals surface area contributed by atoms with Crippen molar-refractivity contribution in [2.24, 2.45) is 11.7 Å². The van der Waals surface area contributed by atoms with Gasteiger partial charge in [0.2, 0.25) is 27.6 Å². The van der Waals surface area contributed by atoms with Gasteiger partial charge in [-0.3, -0.25) is 19.2 Å². The molecular weight excluding hydrogens is 504 g/mol. The highest BCUT2D eigenvalue weighted by molar-refractivity contribution is 7.98. The van der Waals surface area contributed by atoms with Gasteiger partial charge in [-0.05, 0) is 50.0 Å². The van der Waals surface area contributed by atoms with Crippen molar-refractivity contribution < 1.29 is 27.6 Å². The molecule has 3 atom stereocenters. The van der Waals surface area contributed by atoms with E-state index in [9.17, 15) is 27.6 Å². The highest BCUT2D eigenvalue weighted by atomic mass is 32.2. The Bertz CT molecular complexity index is 1120. The molecule has 0 spiro atoms. The molecule has 4 rings (SSSR count). The van der Waals surface area contributed by atoms with Crippen molar-refractivity contribution in [3.63, 3.8) is 0 Å². The Kier molecular flexibility index (Phi) is 8.18. The van der Waals surface area contributed by atoms with E-state index in [-0.39, 0.29) is 30.8 Å². The SMILES string of the molecule is NC1CCC(C(NC(=O)C2CCC3CN(S(=O)(=O)Cc4ccccc4)CC(=O)N32)C(=O)C(=O)S)CC1. The fraction of sp³-hybridized carbons (Fsp3) is 0.583. The highest BCUT2D eigenvalue weighted by Crippen LogP contribution is 2.31. The van der Waals surface area contributed by atoms with Crippen molar-refractivity contribution in [2.75, 3.05) is 13.1 Å². The molecule has 1 aliphatic carbocycles. The molecule has 1 aromatic carbocycles. The molecule has 36 heavy (non-hydrogen) atoms. The molecule has 196 valence electrons. The maximum absolute atomic E-state index is 13.3. The van der Waals surface area contributed by atoms with E-state index in [1.165, 1.54) is 9.21 Å². The maximum Gasteiger partial charge on any atom is 0.254 e. The van der Waals surface area contributed by atoms with Crippen molar-refractivity contribution in [2.45, 2.75) is 68.4 Å². The number of hydrogen-bond donors (Lipinski definition) is 3. The third-order valence-corrected chi connectivity index (χ3v) is 9.47. The third kappa shape index (κ3) is 5.82. The van der Waals surface area contributed by atoms with E-state index in [0.717, 1.165) is 0 Å². The van der Waals surface area contributed by atoms with Crippen LogP contribution in [0.25, 0.3) is 0 Å². The lowest BCUT2D eigenvalue weighted by Gasteiger charge is -2.39. The van der Waals surface area contributed by atoms with Crippen molar-refractivity contribution in [3.05, 3.63) is 35.9 Å². The molecule has 0 radical (unpaired) electrons. The van der Waals surface area contributed by atoms with Gasteiger partial charge in [-0.15, -0.1) is 0 Å². The standard InChI is InChI=1S/C24H32N4O6S2/c25-17-8-6-16(7-9-17)21(22(30)24(32)35)26-23(31)19-11-10-18-12-27(13-20(29)28(18)19)36(33,34)14-15-4-2-1-3-5-15/h1-5,16-19,21H,6-14,25H2,(H,26,31)(H,32,35). The van der Waals surface area contributed by atoms with Gasteiger partial charge in [0.15, 0.2) is 0 Å². The molecule has 3 aliphatic rings. The summed E-state index contributed by atoms with van der Waals surface area (Å²) < 4.78 is 27.1. The lowest BCUT2D eigenvalue weighted by molar-refractivity contribution is -0.144. The number of Topliss-reactive ketones (excluding diaryl/α,β-unsaturated/α-hetero) is 1. The predicted molar refractivity (Wildman–Crippen MR) is 135 cm³/mol. The van der Waals surface area contributed by atoms with E-state index in [2.05, 4.69) is 17.9 Å². The molecule has 0 bridgehead atoms. The van der Waals surface area contributed by atoms with Gasteiger partial charge >= 0.3 is 0 Å². The van der Waals surface area contributed by atoms with Gasteiger partial charge in [0.25, 0.3) is 5.12 Å². The smallest absolute Gasteiger partial charge is 0.254 e. The summed E-state index contributed by atoms with van der Waals surface area (Å²) in [5, 5.41) is 1.80. The molecule has 2 aliphatic heterocycles. The first-order valence-corrected chi connectivity index (χ1v) is 14.3. The van der Waals surface area contributed by atoms with Crippen LogP contribution in [0.3, 0.4) is 0 Å². The zero-order valence-electron chi connectivity index (χ0n) is 19.9. The molecular formula is C24H32N4O6S2. The highest BCUT2D eigenvalue weighted by Gasteiger charge is 2.48. The first-order chi connectivity index (χ1) is 17.1. The third-order valence-electron chi connectivity index (χ3n) is 7.48. The second-order valence-corrected chi connectivity index (χ2v) is 12.3. The molecule has 3 fully saturated rings. The fourth-order valence-electron chi connectivity index (χ4n) is 5.58. The van der Waals surface area contributed by atoms with Crippen molar-refractivity contribution in [3.8, 4) is 0 Å². The average molecular weight is 537 g/mol. The van der Waals surface area contributed by atoms with E-state index in [1.54, 1.807) is 30.3 Å². The van der Waals surface area contributed by atoms with Crippen LogP contribution in [0, 0.1) is 5.92 Å². The van der Waals surface area contributed by atoms with Gasteiger partial charge in [0, 0.05) is 18.6 Å². The summed E-state index contributed by atoms with van der Waals surface area (Å²) in [6, 6.07) is 6.52. The quantitative estimate of drug-likeness (QED) is 0.318. The van der Waals surface area contributed by atoms with Gasteiger partial charge in [-0.25, -0.2) is 8.42 Å². The minimum Gasteiger partial charge on any atom is -0.344 e. The number of nitrogens with two attached hydrogens (primary N) is 1. The summed E-state index contributed by atoms with van der Waals surface area (Å²) >= 11 is 3.67. The minimum absolute atomic E-state index is 0.0297. The Morgan fingerprint density at radius 2 is 1.72 bits per heavy atom. The number of fused-ring (bicyclic) bond motifs is 1. The van der Waals surface area contributed by atoms with Crippen LogP contribution in [0.1, 0.15) is 44.1 Å². The van der Waals surface area contributed by atoms with Crippen LogP contribution in [0.5, 0.6) is 0 Å². The van der Waals surface area contributed by atoms with Crippen molar-refractivity contribution in [1.82, 2.24) is 14.5 Å². The van der Waals surface area contributed by atoms with Gasteiger partial charge < -0.3 is 16.0 Å². The van der Waals surface area contributed by atoms with Gasteiger partial charge in [0.05, 0.1) is 18.3 Å². The van der Waals surface area contributed by atoms with Crippen molar-refractivity contribution in [1.29, 1.82) is 0 Å². The van der Waals surface area contributed by atoms with E-state index in [4.69, 9.17) is 5.73 Å². The van der Waals surface area contributed by atoms with Crippen LogP contribution < -0.4 is 11.1 Å². The molecule has 3 unspecified atom stereocenters. The van der Waals surface area contributed by atoms with Gasteiger partial charge in [-0.1, -0.05) is 43.0 Å². The van der Waals surface area contributed by atoms with Crippen LogP contribution in [0.2, 0.25) is 0 Å². The molecule has 1 saturated carbocycles. The average Bonchev–Trinajstić information content (AvgIpc) is 3.28. The number of carbonyl (C=O) groups excluding carboxylic acids is 4. The largest absolute Gasteiger partial charge is 0.344 e. The Labute approximate surface area is 216 Å². The molecule has 1 aromatic rings. The predicted octanol–water partition coefficient (Wildman–Crippen LogP) is 0.219. The van der Waals surface area contributed by atoms with E-state index >= 15 is 0 Å². The van der Waals surface area contributed by atoms with E-state index < -0.39 is 50.9 Å². The molecule has 2 amide bonds. The van der Waals surface area contributed by atoms with Crippen LogP contribution >= 0.6 is 12.6 Å². The number of amides is 2. The molecule has 3 N–H and O–H groups in total. The summed E-state index contributed by atoms with van der Waals surface area (Å²) in [7, 11) is -3.72. The van der Waals surface area contributed by atoms with E-state index in [0.29, 0.717) is 44.1 Å². The number of ketones is 1. The minimum atomic E-state index is -3.72. The van der Waals surface area contributed by atoms with Crippen LogP contribution in [-0.4, -0.2) is 77.6 Å². The normalized spacial score (nSPS) is 27.8. The Morgan fingerprint density at radius 3 is 2.36 bits per heavy atom. The first-order valence-electron chi connectivity index (χ1n) is 12.2. The number of benzene rings is 1. The summed E-state index contributed by atoms with van der Waals surface area (Å²) in [4.78, 5) is 52.1. The van der Waals surface area contributed by atoms with E-state index in [1.807, 2.05) is 0 Å². The lowest BCUT2D eigenvalue weighted by Crippen LogP contribution is -2.61. The number of nitrogens with zero attached hydrogens (tertiary/aromatic N) is 2. The zero-order chi connectivity index (χ0) is 26.0. The maximum atomic E-state index is 13.3. The summed E-state index contributed by atoms with van der Waals surface area (Å²) in [5.41, 5.74) is 6.60. The number of sulfonamides is 1. The van der Waals surface area contributed by atoms with Crippen LogP contribution in [0.15, 0.2) is 30.3 Å². The molecule has 2 heterocycles. The van der Waals surface area contributed by atoms with Crippen LogP contribution in [-0.2, 0) is 35.0 Å². The summed E-state index contributed by atoms with van der Waals surface area (Å²) in [6.07, 6.45) is 3.39. The molecule has 10 nitrogen and oxygen atoms in total.